The van der Waals surface area contributed by atoms with Gasteiger partial charge in [0, 0.05) is 43.5 Å². The van der Waals surface area contributed by atoms with Crippen molar-refractivity contribution >= 4 is 5.69 Å². The molecule has 1 N–H and O–H groups in total. The van der Waals surface area contributed by atoms with Crippen LogP contribution in [0.5, 0.6) is 0 Å². The summed E-state index contributed by atoms with van der Waals surface area (Å²) in [5.74, 6) is -3.73. The lowest BCUT2D eigenvalue weighted by Gasteiger charge is -2.32. The van der Waals surface area contributed by atoms with Crippen LogP contribution in [0.15, 0.2) is 23.8 Å². The van der Waals surface area contributed by atoms with Crippen LogP contribution in [0.4, 0.5) is 18.9 Å². The highest BCUT2D eigenvalue weighted by molar-refractivity contribution is 5.45. The molecule has 2 nitrogen and oxygen atoms in total. The van der Waals surface area contributed by atoms with Crippen molar-refractivity contribution < 1.29 is 13.2 Å². The second-order valence-corrected chi connectivity index (χ2v) is 5.75. The van der Waals surface area contributed by atoms with Crippen molar-refractivity contribution in [3.63, 3.8) is 0 Å². The number of piperidine rings is 1. The molecule has 0 bridgehead atoms. The van der Waals surface area contributed by atoms with Crippen molar-refractivity contribution in [3.8, 4) is 0 Å². The van der Waals surface area contributed by atoms with E-state index in [0.717, 1.165) is 44.6 Å². The average Bonchev–Trinajstić information content (AvgIpc) is 2.44. The van der Waals surface area contributed by atoms with Gasteiger partial charge in [0.15, 0.2) is 17.5 Å². The Bertz CT molecular complexity index is 493. The van der Waals surface area contributed by atoms with Crippen LogP contribution in [0.1, 0.15) is 26.7 Å². The minimum absolute atomic E-state index is 0.164. The van der Waals surface area contributed by atoms with Gasteiger partial charge in [0.25, 0.3) is 0 Å². The summed E-state index contributed by atoms with van der Waals surface area (Å²) < 4.78 is 39.2. The lowest BCUT2D eigenvalue weighted by atomic mass is 10.0. The van der Waals surface area contributed by atoms with Gasteiger partial charge in [-0.3, -0.25) is 4.90 Å². The number of benzene rings is 1. The summed E-state index contributed by atoms with van der Waals surface area (Å²) in [6, 6.07) is 2.18. The van der Waals surface area contributed by atoms with Crippen molar-refractivity contribution in [3.05, 3.63) is 41.2 Å². The third-order valence-electron chi connectivity index (χ3n) is 3.70. The molecule has 0 saturated carbocycles. The fourth-order valence-electron chi connectivity index (χ4n) is 2.45. The zero-order valence-electron chi connectivity index (χ0n) is 12.4. The van der Waals surface area contributed by atoms with E-state index >= 15 is 0 Å². The SMILES string of the molecule is CC(C)=CCN1CCC(Nc2cc(F)c(F)c(F)c2)CC1. The molecule has 1 heterocycles. The predicted molar refractivity (Wildman–Crippen MR) is 78.8 cm³/mol. The van der Waals surface area contributed by atoms with Gasteiger partial charge in [-0.15, -0.1) is 0 Å². The Morgan fingerprint density at radius 2 is 1.76 bits per heavy atom. The number of anilines is 1. The molecule has 1 aromatic carbocycles. The van der Waals surface area contributed by atoms with Crippen LogP contribution in [-0.4, -0.2) is 30.6 Å². The number of nitrogens with one attached hydrogen (secondary N) is 1. The second-order valence-electron chi connectivity index (χ2n) is 5.75. The average molecular weight is 298 g/mol. The molecular formula is C16H21F3N2. The molecule has 5 heteroatoms. The third kappa shape index (κ3) is 4.49. The third-order valence-corrected chi connectivity index (χ3v) is 3.70. The van der Waals surface area contributed by atoms with E-state index in [9.17, 15) is 13.2 Å². The fourth-order valence-corrected chi connectivity index (χ4v) is 2.45. The number of halogens is 3. The maximum Gasteiger partial charge on any atom is 0.194 e. The number of hydrogen-bond donors (Lipinski definition) is 1. The van der Waals surface area contributed by atoms with Crippen molar-refractivity contribution in [1.29, 1.82) is 0 Å². The van der Waals surface area contributed by atoms with Crippen LogP contribution >= 0.6 is 0 Å². The van der Waals surface area contributed by atoms with Crippen LogP contribution in [-0.2, 0) is 0 Å². The van der Waals surface area contributed by atoms with E-state index in [4.69, 9.17) is 0 Å². The molecule has 1 saturated heterocycles. The van der Waals surface area contributed by atoms with Crippen molar-refractivity contribution in [2.45, 2.75) is 32.7 Å². The molecule has 0 unspecified atom stereocenters. The Morgan fingerprint density at radius 1 is 1.19 bits per heavy atom. The maximum atomic E-state index is 13.2. The predicted octanol–water partition coefficient (Wildman–Crippen LogP) is 3.95. The number of nitrogens with zero attached hydrogens (tertiary/aromatic N) is 1. The smallest absolute Gasteiger partial charge is 0.194 e. The molecule has 0 atom stereocenters. The molecule has 1 aliphatic rings. The second kappa shape index (κ2) is 6.98. The lowest BCUT2D eigenvalue weighted by molar-refractivity contribution is 0.240. The Balaban J connectivity index is 1.88. The summed E-state index contributed by atoms with van der Waals surface area (Å²) in [5.41, 5.74) is 1.60. The Labute approximate surface area is 123 Å². The topological polar surface area (TPSA) is 15.3 Å². The zero-order chi connectivity index (χ0) is 15.4. The molecule has 1 aromatic rings. The highest BCUT2D eigenvalue weighted by Gasteiger charge is 2.19. The molecule has 1 aliphatic heterocycles. The van der Waals surface area contributed by atoms with Crippen molar-refractivity contribution in [2.75, 3.05) is 25.0 Å². The normalized spacial score (nSPS) is 16.8. The number of hydrogen-bond acceptors (Lipinski definition) is 2. The minimum atomic E-state index is -1.42. The van der Waals surface area contributed by atoms with E-state index in [2.05, 4.69) is 30.1 Å². The molecule has 1 fully saturated rings. The van der Waals surface area contributed by atoms with Gasteiger partial charge in [0.1, 0.15) is 0 Å². The Kier molecular flexibility index (Phi) is 5.28. The molecule has 0 spiro atoms. The highest BCUT2D eigenvalue weighted by atomic mass is 19.2. The standard InChI is InChI=1S/C16H21F3N2/c1-11(2)3-6-21-7-4-12(5-8-21)20-13-9-14(17)16(19)15(18)10-13/h3,9-10,12,20H,4-8H2,1-2H3. The Hall–Kier alpha value is -1.49. The summed E-state index contributed by atoms with van der Waals surface area (Å²) >= 11 is 0. The largest absolute Gasteiger partial charge is 0.382 e. The van der Waals surface area contributed by atoms with Crippen molar-refractivity contribution in [1.82, 2.24) is 4.90 Å². The van der Waals surface area contributed by atoms with E-state index in [1.54, 1.807) is 0 Å². The van der Waals surface area contributed by atoms with Crippen LogP contribution in [0.3, 0.4) is 0 Å². The van der Waals surface area contributed by atoms with Gasteiger partial charge in [-0.05, 0) is 26.7 Å². The van der Waals surface area contributed by atoms with Crippen LogP contribution in [0.25, 0.3) is 0 Å². The first-order chi connectivity index (χ1) is 9.95. The van der Waals surface area contributed by atoms with Gasteiger partial charge >= 0.3 is 0 Å². The van der Waals surface area contributed by atoms with Gasteiger partial charge < -0.3 is 5.32 Å². The first kappa shape index (κ1) is 15.9. The van der Waals surface area contributed by atoms with Crippen molar-refractivity contribution in [2.24, 2.45) is 0 Å². The lowest BCUT2D eigenvalue weighted by Crippen LogP contribution is -2.39. The summed E-state index contributed by atoms with van der Waals surface area (Å²) in [7, 11) is 0. The number of allylic oxidation sites excluding steroid dienone is 1. The van der Waals surface area contributed by atoms with Gasteiger partial charge in [0.05, 0.1) is 0 Å². The summed E-state index contributed by atoms with van der Waals surface area (Å²) in [5, 5.41) is 3.09. The molecule has 21 heavy (non-hydrogen) atoms. The van der Waals surface area contributed by atoms with Crippen LogP contribution in [0.2, 0.25) is 0 Å². The van der Waals surface area contributed by atoms with E-state index in [1.807, 2.05) is 0 Å². The molecule has 116 valence electrons. The summed E-state index contributed by atoms with van der Waals surface area (Å²) in [6.45, 7) is 6.97. The van der Waals surface area contributed by atoms with E-state index in [-0.39, 0.29) is 6.04 Å². The molecule has 0 aromatic heterocycles. The zero-order valence-corrected chi connectivity index (χ0v) is 12.4. The van der Waals surface area contributed by atoms with E-state index < -0.39 is 17.5 Å². The monoisotopic (exact) mass is 298 g/mol. The molecule has 2 rings (SSSR count). The maximum absolute atomic E-state index is 13.2. The molecule has 0 aliphatic carbocycles. The van der Waals surface area contributed by atoms with Gasteiger partial charge in [-0.1, -0.05) is 11.6 Å². The first-order valence-corrected chi connectivity index (χ1v) is 7.22. The summed E-state index contributed by atoms with van der Waals surface area (Å²) in [6.07, 6.45) is 3.99. The minimum Gasteiger partial charge on any atom is -0.382 e. The molecular weight excluding hydrogens is 277 g/mol. The first-order valence-electron chi connectivity index (χ1n) is 7.22. The van der Waals surface area contributed by atoms with Gasteiger partial charge in [-0.25, -0.2) is 13.2 Å². The number of rotatable bonds is 4. The quantitative estimate of drug-likeness (QED) is 0.669. The molecule has 0 amide bonds. The van der Waals surface area contributed by atoms with Gasteiger partial charge in [-0.2, -0.15) is 0 Å². The van der Waals surface area contributed by atoms with Crippen LogP contribution < -0.4 is 5.32 Å². The van der Waals surface area contributed by atoms with Crippen LogP contribution in [0, 0.1) is 17.5 Å². The number of likely N-dealkylation sites (tertiary alicyclic amines) is 1. The van der Waals surface area contributed by atoms with E-state index in [0.29, 0.717) is 5.69 Å². The fraction of sp³-hybridized carbons (Fsp3) is 0.500. The Morgan fingerprint density at radius 3 is 2.29 bits per heavy atom. The molecule has 0 radical (unpaired) electrons. The van der Waals surface area contributed by atoms with Gasteiger partial charge in [0.2, 0.25) is 0 Å². The summed E-state index contributed by atoms with van der Waals surface area (Å²) in [4.78, 5) is 2.34. The highest BCUT2D eigenvalue weighted by Crippen LogP contribution is 2.21. The van der Waals surface area contributed by atoms with E-state index in [1.165, 1.54) is 5.57 Å².